The Balaban J connectivity index is 1.63. The molecule has 5 heteroatoms. The molecule has 3 rings (SSSR count). The quantitative estimate of drug-likeness (QED) is 0.727. The van der Waals surface area contributed by atoms with E-state index in [-0.39, 0.29) is 0 Å². The third kappa shape index (κ3) is 3.52. The molecule has 0 saturated heterocycles. The predicted molar refractivity (Wildman–Crippen MR) is 89.0 cm³/mol. The molecule has 0 radical (unpaired) electrons. The first kappa shape index (κ1) is 13.5. The predicted octanol–water partition coefficient (Wildman–Crippen LogP) is 3.12. The van der Waals surface area contributed by atoms with Crippen LogP contribution in [-0.2, 0) is 6.54 Å². The topological polar surface area (TPSA) is 49.8 Å². The maximum atomic E-state index is 5.30. The smallest absolute Gasteiger partial charge is 0.171 e. The third-order valence-corrected chi connectivity index (χ3v) is 3.30. The number of rotatable bonds is 3. The highest BCUT2D eigenvalue weighted by atomic mass is 32.1. The van der Waals surface area contributed by atoms with Crippen LogP contribution in [0.5, 0.6) is 0 Å². The minimum atomic E-state index is 0.593. The molecule has 2 aromatic carbocycles. The van der Waals surface area contributed by atoms with Crippen molar-refractivity contribution in [1.29, 1.82) is 0 Å². The normalized spacial score (nSPS) is 10.3. The van der Waals surface area contributed by atoms with Crippen LogP contribution in [0.1, 0.15) is 5.56 Å². The first-order valence-electron chi connectivity index (χ1n) is 6.60. The molecular formula is C16H14N4S. The second-order valence-corrected chi connectivity index (χ2v) is 5.00. The van der Waals surface area contributed by atoms with E-state index < -0.39 is 0 Å². The molecular weight excluding hydrogens is 280 g/mol. The van der Waals surface area contributed by atoms with Gasteiger partial charge >= 0.3 is 0 Å². The molecule has 0 aliphatic rings. The number of hydrogen-bond acceptors (Lipinski definition) is 3. The van der Waals surface area contributed by atoms with E-state index >= 15 is 0 Å². The molecule has 0 bridgehead atoms. The zero-order valence-electron chi connectivity index (χ0n) is 11.3. The first-order chi connectivity index (χ1) is 10.3. The van der Waals surface area contributed by atoms with Crippen molar-refractivity contribution in [2.75, 3.05) is 5.32 Å². The number of anilines is 1. The molecule has 0 spiro atoms. The van der Waals surface area contributed by atoms with Gasteiger partial charge < -0.3 is 10.6 Å². The van der Waals surface area contributed by atoms with Crippen molar-refractivity contribution in [2.24, 2.45) is 0 Å². The molecule has 4 nitrogen and oxygen atoms in total. The van der Waals surface area contributed by atoms with Crippen LogP contribution in [0.25, 0.3) is 10.9 Å². The molecule has 0 aliphatic carbocycles. The average molecular weight is 294 g/mol. The number of nitrogens with one attached hydrogen (secondary N) is 2. The number of fused-ring (bicyclic) bond motifs is 1. The molecule has 2 N–H and O–H groups in total. The van der Waals surface area contributed by atoms with E-state index in [0.29, 0.717) is 11.7 Å². The number of nitrogens with zero attached hydrogens (tertiary/aromatic N) is 2. The van der Waals surface area contributed by atoms with Crippen LogP contribution in [0, 0.1) is 0 Å². The van der Waals surface area contributed by atoms with E-state index in [2.05, 4.69) is 32.7 Å². The molecule has 1 heterocycles. The Morgan fingerprint density at radius 1 is 1.10 bits per heavy atom. The standard InChI is InChI=1S/C16H14N4S/c21-16(18-9-12-4-2-1-3-5-12)20-14-6-7-15-13(8-14)10-17-11-19-15/h1-8,10-11H,9H2,(H2,18,20,21). The molecule has 0 unspecified atom stereocenters. The molecule has 0 fully saturated rings. The minimum absolute atomic E-state index is 0.593. The van der Waals surface area contributed by atoms with Crippen molar-refractivity contribution in [2.45, 2.75) is 6.54 Å². The Hall–Kier alpha value is -2.53. The van der Waals surface area contributed by atoms with Crippen molar-refractivity contribution in [3.63, 3.8) is 0 Å². The zero-order chi connectivity index (χ0) is 14.5. The summed E-state index contributed by atoms with van der Waals surface area (Å²) in [5.74, 6) is 0. The second kappa shape index (κ2) is 6.28. The number of hydrogen-bond donors (Lipinski definition) is 2. The van der Waals surface area contributed by atoms with Gasteiger partial charge in [0.2, 0.25) is 0 Å². The van der Waals surface area contributed by atoms with Gasteiger partial charge in [-0.1, -0.05) is 30.3 Å². The highest BCUT2D eigenvalue weighted by Crippen LogP contribution is 2.16. The van der Waals surface area contributed by atoms with Crippen molar-refractivity contribution in [3.8, 4) is 0 Å². The summed E-state index contributed by atoms with van der Waals surface area (Å²) in [6.07, 6.45) is 3.33. The summed E-state index contributed by atoms with van der Waals surface area (Å²) < 4.78 is 0. The van der Waals surface area contributed by atoms with Crippen LogP contribution >= 0.6 is 12.2 Å². The maximum absolute atomic E-state index is 5.30. The Bertz CT molecular complexity index is 758. The van der Waals surface area contributed by atoms with Gasteiger partial charge in [0.15, 0.2) is 5.11 Å². The van der Waals surface area contributed by atoms with Gasteiger partial charge in [-0.05, 0) is 36.0 Å². The monoisotopic (exact) mass is 294 g/mol. The van der Waals surface area contributed by atoms with Crippen LogP contribution in [0.4, 0.5) is 5.69 Å². The van der Waals surface area contributed by atoms with E-state index in [1.165, 1.54) is 5.56 Å². The van der Waals surface area contributed by atoms with Gasteiger partial charge in [0.1, 0.15) is 6.33 Å². The van der Waals surface area contributed by atoms with Gasteiger partial charge in [-0.2, -0.15) is 0 Å². The number of aromatic nitrogens is 2. The van der Waals surface area contributed by atoms with Crippen LogP contribution < -0.4 is 10.6 Å². The van der Waals surface area contributed by atoms with Gasteiger partial charge in [-0.3, -0.25) is 0 Å². The molecule has 0 atom stereocenters. The van der Waals surface area contributed by atoms with E-state index in [1.54, 1.807) is 12.5 Å². The molecule has 0 amide bonds. The second-order valence-electron chi connectivity index (χ2n) is 4.59. The summed E-state index contributed by atoms with van der Waals surface area (Å²) in [4.78, 5) is 8.21. The lowest BCUT2D eigenvalue weighted by molar-refractivity contribution is 0.926. The lowest BCUT2D eigenvalue weighted by Crippen LogP contribution is -2.27. The van der Waals surface area contributed by atoms with Crippen molar-refractivity contribution >= 4 is 33.9 Å². The zero-order valence-corrected chi connectivity index (χ0v) is 12.1. The maximum Gasteiger partial charge on any atom is 0.171 e. The summed E-state index contributed by atoms with van der Waals surface area (Å²) in [6.45, 7) is 0.698. The summed E-state index contributed by atoms with van der Waals surface area (Å²) in [7, 11) is 0. The van der Waals surface area contributed by atoms with Crippen LogP contribution in [0.3, 0.4) is 0 Å². The lowest BCUT2D eigenvalue weighted by atomic mass is 10.2. The molecule has 3 aromatic rings. The largest absolute Gasteiger partial charge is 0.358 e. The van der Waals surface area contributed by atoms with Crippen LogP contribution in [-0.4, -0.2) is 15.1 Å². The fourth-order valence-corrected chi connectivity index (χ4v) is 2.21. The Labute approximate surface area is 128 Å². The average Bonchev–Trinajstić information content (AvgIpc) is 2.54. The number of benzene rings is 2. The molecule has 0 saturated carbocycles. The summed E-state index contributed by atoms with van der Waals surface area (Å²) in [6, 6.07) is 16.0. The number of thiocarbonyl (C=S) groups is 1. The van der Waals surface area contributed by atoms with E-state index in [9.17, 15) is 0 Å². The molecule has 104 valence electrons. The summed E-state index contributed by atoms with van der Waals surface area (Å²) in [5, 5.41) is 7.93. The van der Waals surface area contributed by atoms with E-state index in [1.807, 2.05) is 36.4 Å². The molecule has 1 aromatic heterocycles. The third-order valence-electron chi connectivity index (χ3n) is 3.06. The fraction of sp³-hybridized carbons (Fsp3) is 0.0625. The van der Waals surface area contributed by atoms with E-state index in [4.69, 9.17) is 12.2 Å². The first-order valence-corrected chi connectivity index (χ1v) is 7.01. The summed E-state index contributed by atoms with van der Waals surface area (Å²) in [5.41, 5.74) is 3.02. The van der Waals surface area contributed by atoms with Gasteiger partial charge in [-0.25, -0.2) is 9.97 Å². The minimum Gasteiger partial charge on any atom is -0.358 e. The highest BCUT2D eigenvalue weighted by molar-refractivity contribution is 7.80. The Morgan fingerprint density at radius 2 is 1.95 bits per heavy atom. The van der Waals surface area contributed by atoms with Crippen molar-refractivity contribution in [3.05, 3.63) is 66.6 Å². The van der Waals surface area contributed by atoms with Gasteiger partial charge in [-0.15, -0.1) is 0 Å². The Kier molecular flexibility index (Phi) is 4.02. The Morgan fingerprint density at radius 3 is 2.81 bits per heavy atom. The fourth-order valence-electron chi connectivity index (χ4n) is 2.02. The van der Waals surface area contributed by atoms with Crippen molar-refractivity contribution in [1.82, 2.24) is 15.3 Å². The SMILES string of the molecule is S=C(NCc1ccccc1)Nc1ccc2ncncc2c1. The summed E-state index contributed by atoms with van der Waals surface area (Å²) >= 11 is 5.30. The highest BCUT2D eigenvalue weighted by Gasteiger charge is 2.00. The van der Waals surface area contributed by atoms with Crippen LogP contribution in [0.15, 0.2) is 61.1 Å². The van der Waals surface area contributed by atoms with E-state index in [0.717, 1.165) is 16.6 Å². The van der Waals surface area contributed by atoms with Gasteiger partial charge in [0.05, 0.1) is 5.52 Å². The lowest BCUT2D eigenvalue weighted by Gasteiger charge is -2.11. The van der Waals surface area contributed by atoms with Crippen molar-refractivity contribution < 1.29 is 0 Å². The molecule has 0 aliphatic heterocycles. The van der Waals surface area contributed by atoms with Gasteiger partial charge in [0, 0.05) is 23.8 Å². The van der Waals surface area contributed by atoms with Gasteiger partial charge in [0.25, 0.3) is 0 Å². The van der Waals surface area contributed by atoms with Crippen LogP contribution in [0.2, 0.25) is 0 Å². The molecule has 21 heavy (non-hydrogen) atoms.